The van der Waals surface area contributed by atoms with Crippen LogP contribution in [0, 0.1) is 0 Å². The monoisotopic (exact) mass is 286 g/mol. The van der Waals surface area contributed by atoms with Crippen LogP contribution in [0.4, 0.5) is 0 Å². The highest BCUT2D eigenvalue weighted by Gasteiger charge is 2.00. The number of hydrogen-bond donors (Lipinski definition) is 0. The minimum absolute atomic E-state index is 0.482. The molecule has 0 saturated heterocycles. The van der Waals surface area contributed by atoms with Crippen LogP contribution in [-0.2, 0) is 5.75 Å². The summed E-state index contributed by atoms with van der Waals surface area (Å²) in [6.07, 6.45) is 1.49. The lowest BCUT2D eigenvalue weighted by atomic mass is 10.1. The van der Waals surface area contributed by atoms with Crippen molar-refractivity contribution in [3.8, 4) is 0 Å². The smallest absolute Gasteiger partial charge is 0.133 e. The molecule has 0 N–H and O–H groups in total. The van der Waals surface area contributed by atoms with Gasteiger partial charge in [-0.25, -0.2) is 9.97 Å². The summed E-state index contributed by atoms with van der Waals surface area (Å²) in [5.74, 6) is 0.873. The van der Waals surface area contributed by atoms with Gasteiger partial charge in [0.15, 0.2) is 0 Å². The SMILES string of the molecule is Clc1cc(SCc2ccc3ccccc3c2)ncn1. The van der Waals surface area contributed by atoms with Gasteiger partial charge in [-0.1, -0.05) is 54.1 Å². The van der Waals surface area contributed by atoms with E-state index in [0.29, 0.717) is 5.15 Å². The molecule has 2 nitrogen and oxygen atoms in total. The molecule has 0 amide bonds. The standard InChI is InChI=1S/C15H11ClN2S/c16-14-8-15(18-10-17-14)19-9-11-5-6-12-3-1-2-4-13(12)7-11/h1-8,10H,9H2. The molecule has 1 aromatic heterocycles. The van der Waals surface area contributed by atoms with Crippen molar-refractivity contribution >= 4 is 34.1 Å². The van der Waals surface area contributed by atoms with E-state index in [4.69, 9.17) is 11.6 Å². The Kier molecular flexibility index (Phi) is 3.67. The molecule has 0 bridgehead atoms. The van der Waals surface area contributed by atoms with Crippen molar-refractivity contribution < 1.29 is 0 Å². The fraction of sp³-hybridized carbons (Fsp3) is 0.0667. The van der Waals surface area contributed by atoms with E-state index in [2.05, 4.69) is 52.4 Å². The molecule has 2 aromatic carbocycles. The predicted octanol–water partition coefficient (Wildman–Crippen LogP) is 4.58. The van der Waals surface area contributed by atoms with Crippen LogP contribution in [0.1, 0.15) is 5.56 Å². The average molecular weight is 287 g/mol. The molecule has 4 heteroatoms. The lowest BCUT2D eigenvalue weighted by Gasteiger charge is -2.03. The van der Waals surface area contributed by atoms with E-state index in [0.717, 1.165) is 10.8 Å². The molecular weight excluding hydrogens is 276 g/mol. The minimum Gasteiger partial charge on any atom is -0.230 e. The zero-order chi connectivity index (χ0) is 13.1. The molecule has 94 valence electrons. The van der Waals surface area contributed by atoms with Crippen LogP contribution in [0.5, 0.6) is 0 Å². The summed E-state index contributed by atoms with van der Waals surface area (Å²) in [5, 5.41) is 3.91. The van der Waals surface area contributed by atoms with Crippen molar-refractivity contribution in [2.45, 2.75) is 10.8 Å². The number of rotatable bonds is 3. The third-order valence-electron chi connectivity index (χ3n) is 2.81. The minimum atomic E-state index is 0.482. The lowest BCUT2D eigenvalue weighted by Crippen LogP contribution is -1.85. The van der Waals surface area contributed by atoms with Crippen LogP contribution < -0.4 is 0 Å². The van der Waals surface area contributed by atoms with Crippen LogP contribution in [-0.4, -0.2) is 9.97 Å². The molecule has 0 unspecified atom stereocenters. The molecule has 3 rings (SSSR count). The van der Waals surface area contributed by atoms with E-state index in [1.165, 1.54) is 22.7 Å². The summed E-state index contributed by atoms with van der Waals surface area (Å²) < 4.78 is 0. The normalized spacial score (nSPS) is 10.8. The Morgan fingerprint density at radius 2 is 1.79 bits per heavy atom. The van der Waals surface area contributed by atoms with E-state index in [1.54, 1.807) is 17.8 Å². The number of nitrogens with zero attached hydrogens (tertiary/aromatic N) is 2. The first-order valence-corrected chi connectivity index (χ1v) is 7.26. The Bertz CT molecular complexity index is 715. The molecule has 1 heterocycles. The Balaban J connectivity index is 1.78. The Hall–Kier alpha value is -1.58. The molecule has 19 heavy (non-hydrogen) atoms. The largest absolute Gasteiger partial charge is 0.230 e. The fourth-order valence-electron chi connectivity index (χ4n) is 1.88. The first-order valence-electron chi connectivity index (χ1n) is 5.89. The van der Waals surface area contributed by atoms with Crippen LogP contribution >= 0.6 is 23.4 Å². The summed E-state index contributed by atoms with van der Waals surface area (Å²) in [4.78, 5) is 8.06. The van der Waals surface area contributed by atoms with Crippen molar-refractivity contribution in [3.63, 3.8) is 0 Å². The van der Waals surface area contributed by atoms with Gasteiger partial charge >= 0.3 is 0 Å². The van der Waals surface area contributed by atoms with Crippen molar-refractivity contribution in [2.24, 2.45) is 0 Å². The van der Waals surface area contributed by atoms with Gasteiger partial charge in [0.05, 0.1) is 0 Å². The van der Waals surface area contributed by atoms with Gasteiger partial charge in [0, 0.05) is 11.8 Å². The second-order valence-electron chi connectivity index (χ2n) is 4.15. The molecule has 0 fully saturated rings. The van der Waals surface area contributed by atoms with Crippen LogP contribution in [0.25, 0.3) is 10.8 Å². The third kappa shape index (κ3) is 3.06. The van der Waals surface area contributed by atoms with Crippen molar-refractivity contribution in [3.05, 3.63) is 65.6 Å². The Labute approximate surface area is 120 Å². The van der Waals surface area contributed by atoms with Gasteiger partial charge in [0.2, 0.25) is 0 Å². The quantitative estimate of drug-likeness (QED) is 0.521. The predicted molar refractivity (Wildman–Crippen MR) is 80.6 cm³/mol. The lowest BCUT2D eigenvalue weighted by molar-refractivity contribution is 1.05. The van der Waals surface area contributed by atoms with Gasteiger partial charge in [0.1, 0.15) is 16.5 Å². The molecule has 0 atom stereocenters. The van der Waals surface area contributed by atoms with Gasteiger partial charge in [0.25, 0.3) is 0 Å². The molecule has 0 aliphatic heterocycles. The highest BCUT2D eigenvalue weighted by atomic mass is 35.5. The second-order valence-corrected chi connectivity index (χ2v) is 5.53. The summed E-state index contributed by atoms with van der Waals surface area (Å²) in [7, 11) is 0. The summed E-state index contributed by atoms with van der Waals surface area (Å²) in [6.45, 7) is 0. The number of hydrogen-bond acceptors (Lipinski definition) is 3. The first kappa shape index (κ1) is 12.5. The zero-order valence-corrected chi connectivity index (χ0v) is 11.7. The van der Waals surface area contributed by atoms with Crippen LogP contribution in [0.2, 0.25) is 5.15 Å². The summed E-state index contributed by atoms with van der Waals surface area (Å²) >= 11 is 7.50. The number of benzene rings is 2. The van der Waals surface area contributed by atoms with Crippen molar-refractivity contribution in [1.82, 2.24) is 9.97 Å². The highest BCUT2D eigenvalue weighted by molar-refractivity contribution is 7.98. The molecule has 3 aromatic rings. The maximum Gasteiger partial charge on any atom is 0.133 e. The highest BCUT2D eigenvalue weighted by Crippen LogP contribution is 2.24. The van der Waals surface area contributed by atoms with Gasteiger partial charge in [-0.3, -0.25) is 0 Å². The van der Waals surface area contributed by atoms with E-state index in [-0.39, 0.29) is 0 Å². The second kappa shape index (κ2) is 5.59. The van der Waals surface area contributed by atoms with Crippen molar-refractivity contribution in [2.75, 3.05) is 0 Å². The van der Waals surface area contributed by atoms with E-state index in [9.17, 15) is 0 Å². The molecule has 0 aliphatic rings. The topological polar surface area (TPSA) is 25.8 Å². The van der Waals surface area contributed by atoms with Gasteiger partial charge in [-0.2, -0.15) is 0 Å². The number of fused-ring (bicyclic) bond motifs is 1. The molecule has 0 radical (unpaired) electrons. The summed E-state index contributed by atoms with van der Waals surface area (Å²) in [6, 6.07) is 16.7. The Morgan fingerprint density at radius 3 is 2.63 bits per heavy atom. The number of thioether (sulfide) groups is 1. The van der Waals surface area contributed by atoms with Crippen molar-refractivity contribution in [1.29, 1.82) is 0 Å². The number of halogens is 1. The van der Waals surface area contributed by atoms with E-state index >= 15 is 0 Å². The van der Waals surface area contributed by atoms with Gasteiger partial charge in [-0.15, -0.1) is 11.8 Å². The van der Waals surface area contributed by atoms with Gasteiger partial charge in [-0.05, 0) is 16.3 Å². The first-order chi connectivity index (χ1) is 9.31. The van der Waals surface area contributed by atoms with Crippen LogP contribution in [0.3, 0.4) is 0 Å². The fourth-order valence-corrected chi connectivity index (χ4v) is 2.90. The molecular formula is C15H11ClN2S. The van der Waals surface area contributed by atoms with E-state index in [1.807, 2.05) is 0 Å². The number of aromatic nitrogens is 2. The molecule has 0 saturated carbocycles. The summed E-state index contributed by atoms with van der Waals surface area (Å²) in [5.41, 5.74) is 1.28. The maximum absolute atomic E-state index is 5.84. The van der Waals surface area contributed by atoms with Gasteiger partial charge < -0.3 is 0 Å². The third-order valence-corrected chi connectivity index (χ3v) is 4.01. The Morgan fingerprint density at radius 1 is 0.947 bits per heavy atom. The molecule has 0 spiro atoms. The zero-order valence-electron chi connectivity index (χ0n) is 10.1. The average Bonchev–Trinajstić information content (AvgIpc) is 2.45. The van der Waals surface area contributed by atoms with Crippen LogP contribution in [0.15, 0.2) is 59.9 Å². The van der Waals surface area contributed by atoms with E-state index < -0.39 is 0 Å². The molecule has 0 aliphatic carbocycles. The maximum atomic E-state index is 5.84.